The van der Waals surface area contributed by atoms with E-state index >= 15 is 0 Å². The maximum atomic E-state index is 13.2. The van der Waals surface area contributed by atoms with Crippen LogP contribution in [0.3, 0.4) is 0 Å². The van der Waals surface area contributed by atoms with Crippen LogP contribution in [0.25, 0.3) is 5.69 Å². The lowest BCUT2D eigenvalue weighted by molar-refractivity contribution is -0.116. The average Bonchev–Trinajstić information content (AvgIpc) is 3.50. The summed E-state index contributed by atoms with van der Waals surface area (Å²) in [6, 6.07) is 23.4. The highest BCUT2D eigenvalue weighted by Gasteiger charge is 2.40. The van der Waals surface area contributed by atoms with Crippen molar-refractivity contribution in [3.8, 4) is 5.69 Å². The summed E-state index contributed by atoms with van der Waals surface area (Å²) >= 11 is 5.70. The molecule has 4 aromatic rings. The second-order valence-corrected chi connectivity index (χ2v) is 8.70. The second-order valence-electron chi connectivity index (χ2n) is 8.31. The minimum Gasteiger partial charge on any atom is -0.352 e. The molecule has 1 aliphatic heterocycles. The van der Waals surface area contributed by atoms with Crippen molar-refractivity contribution in [2.75, 3.05) is 11.9 Å². The van der Waals surface area contributed by atoms with Gasteiger partial charge in [0.25, 0.3) is 0 Å². The summed E-state index contributed by atoms with van der Waals surface area (Å²) in [7, 11) is 0. The summed E-state index contributed by atoms with van der Waals surface area (Å²) < 4.78 is 15.2. The zero-order chi connectivity index (χ0) is 24.2. The quantitative estimate of drug-likeness (QED) is 0.360. The van der Waals surface area contributed by atoms with Gasteiger partial charge in [-0.05, 0) is 72.4 Å². The van der Waals surface area contributed by atoms with Gasteiger partial charge in [-0.2, -0.15) is 0 Å². The van der Waals surface area contributed by atoms with Gasteiger partial charge in [0.15, 0.2) is 5.11 Å². The number of aromatic nitrogens is 2. The van der Waals surface area contributed by atoms with Crippen molar-refractivity contribution in [1.29, 1.82) is 0 Å². The number of nitrogens with zero attached hydrogens (tertiary/aromatic N) is 3. The molecule has 35 heavy (non-hydrogen) atoms. The van der Waals surface area contributed by atoms with Crippen molar-refractivity contribution < 1.29 is 9.18 Å². The Bertz CT molecular complexity index is 1310. The summed E-state index contributed by atoms with van der Waals surface area (Å²) in [6.07, 6.45) is 6.12. The Hall–Kier alpha value is -4.04. The van der Waals surface area contributed by atoms with Gasteiger partial charge < -0.3 is 20.1 Å². The van der Waals surface area contributed by atoms with Crippen molar-refractivity contribution in [3.05, 3.63) is 115 Å². The molecule has 2 aromatic carbocycles. The molecule has 0 bridgehead atoms. The van der Waals surface area contributed by atoms with E-state index in [9.17, 15) is 9.18 Å². The third-order valence-electron chi connectivity index (χ3n) is 6.02. The van der Waals surface area contributed by atoms with Crippen LogP contribution < -0.4 is 10.6 Å². The van der Waals surface area contributed by atoms with Gasteiger partial charge in [0, 0.05) is 42.9 Å². The second kappa shape index (κ2) is 10.1. The van der Waals surface area contributed by atoms with Crippen LogP contribution >= 0.6 is 12.2 Å². The Morgan fingerprint density at radius 2 is 1.80 bits per heavy atom. The molecule has 1 fully saturated rings. The number of hydrogen-bond donors (Lipinski definition) is 2. The molecule has 1 aliphatic rings. The zero-order valence-corrected chi connectivity index (χ0v) is 19.7. The van der Waals surface area contributed by atoms with Crippen LogP contribution in [-0.4, -0.2) is 32.0 Å². The third-order valence-corrected chi connectivity index (χ3v) is 6.37. The Morgan fingerprint density at radius 3 is 2.54 bits per heavy atom. The number of thiocarbonyl (C=S) groups is 1. The largest absolute Gasteiger partial charge is 0.352 e. The van der Waals surface area contributed by atoms with E-state index in [1.165, 1.54) is 12.1 Å². The molecule has 2 atom stereocenters. The van der Waals surface area contributed by atoms with Crippen LogP contribution in [0.4, 0.5) is 10.1 Å². The number of amides is 1. The summed E-state index contributed by atoms with van der Waals surface area (Å²) in [5.74, 6) is -0.511. The van der Waals surface area contributed by atoms with E-state index in [1.807, 2.05) is 47.5 Å². The molecule has 8 heteroatoms. The van der Waals surface area contributed by atoms with Gasteiger partial charge in [0.1, 0.15) is 5.82 Å². The number of benzene rings is 2. The molecule has 5 rings (SSSR count). The predicted molar refractivity (Wildman–Crippen MR) is 138 cm³/mol. The molecular weight excluding hydrogens is 461 g/mol. The molecule has 2 aromatic heterocycles. The fraction of sp³-hybridized carbons (Fsp3) is 0.148. The Balaban J connectivity index is 1.38. The molecule has 3 heterocycles. The minimum atomic E-state index is -0.345. The maximum absolute atomic E-state index is 13.2. The molecule has 0 radical (unpaired) electrons. The molecule has 1 amide bonds. The van der Waals surface area contributed by atoms with Crippen LogP contribution in [-0.2, 0) is 4.79 Å². The number of para-hydroxylation sites is 1. The van der Waals surface area contributed by atoms with Gasteiger partial charge in [-0.15, -0.1) is 0 Å². The number of anilines is 1. The number of hydrogen-bond acceptors (Lipinski definition) is 3. The number of halogens is 1. The smallest absolute Gasteiger partial charge is 0.226 e. The van der Waals surface area contributed by atoms with Crippen molar-refractivity contribution >= 4 is 28.9 Å². The SMILES string of the molecule is O=C(CCN1C(=S)NC(c2ccccn2)C1c1ccn(-c2ccccc2)c1)Nc1ccc(F)cc1. The fourth-order valence-corrected chi connectivity index (χ4v) is 4.67. The van der Waals surface area contributed by atoms with Gasteiger partial charge in [0.05, 0.1) is 17.8 Å². The topological polar surface area (TPSA) is 62.2 Å². The fourth-order valence-electron chi connectivity index (χ4n) is 4.34. The normalized spacial score (nSPS) is 17.3. The summed E-state index contributed by atoms with van der Waals surface area (Å²) in [4.78, 5) is 19.2. The van der Waals surface area contributed by atoms with Crippen molar-refractivity contribution in [2.24, 2.45) is 0 Å². The van der Waals surface area contributed by atoms with Gasteiger partial charge in [-0.1, -0.05) is 24.3 Å². The van der Waals surface area contributed by atoms with Crippen LogP contribution in [0.15, 0.2) is 97.5 Å². The molecular formula is C27H24FN5OS. The first-order valence-electron chi connectivity index (χ1n) is 11.4. The molecule has 0 saturated carbocycles. The number of pyridine rings is 1. The van der Waals surface area contributed by atoms with E-state index in [0.29, 0.717) is 17.3 Å². The van der Waals surface area contributed by atoms with E-state index in [-0.39, 0.29) is 30.2 Å². The van der Waals surface area contributed by atoms with Crippen molar-refractivity contribution in [2.45, 2.75) is 18.5 Å². The molecule has 6 nitrogen and oxygen atoms in total. The van der Waals surface area contributed by atoms with E-state index in [4.69, 9.17) is 12.2 Å². The number of rotatable bonds is 7. The van der Waals surface area contributed by atoms with E-state index < -0.39 is 0 Å². The first kappa shape index (κ1) is 22.7. The highest BCUT2D eigenvalue weighted by atomic mass is 32.1. The van der Waals surface area contributed by atoms with Crippen LogP contribution in [0.5, 0.6) is 0 Å². The highest BCUT2D eigenvalue weighted by Crippen LogP contribution is 2.39. The number of carbonyl (C=O) groups is 1. The van der Waals surface area contributed by atoms with E-state index in [1.54, 1.807) is 18.3 Å². The summed E-state index contributed by atoms with van der Waals surface area (Å²) in [6.45, 7) is 0.420. The molecule has 176 valence electrons. The molecule has 2 N–H and O–H groups in total. The van der Waals surface area contributed by atoms with Gasteiger partial charge in [-0.3, -0.25) is 9.78 Å². The molecule has 0 aliphatic carbocycles. The van der Waals surface area contributed by atoms with Gasteiger partial charge >= 0.3 is 0 Å². The van der Waals surface area contributed by atoms with Gasteiger partial charge in [-0.25, -0.2) is 4.39 Å². The number of nitrogens with one attached hydrogen (secondary N) is 2. The zero-order valence-electron chi connectivity index (χ0n) is 18.8. The lowest BCUT2D eigenvalue weighted by Crippen LogP contribution is -2.32. The van der Waals surface area contributed by atoms with E-state index in [0.717, 1.165) is 16.9 Å². The summed E-state index contributed by atoms with van der Waals surface area (Å²) in [5, 5.41) is 6.80. The number of carbonyl (C=O) groups excluding carboxylic acids is 1. The predicted octanol–water partition coefficient (Wildman–Crippen LogP) is 5.01. The van der Waals surface area contributed by atoms with Crippen molar-refractivity contribution in [1.82, 2.24) is 19.8 Å². The lowest BCUT2D eigenvalue weighted by Gasteiger charge is -2.27. The Kier molecular flexibility index (Phi) is 6.54. The molecule has 0 spiro atoms. The van der Waals surface area contributed by atoms with Crippen molar-refractivity contribution in [3.63, 3.8) is 0 Å². The molecule has 2 unspecified atom stereocenters. The Morgan fingerprint density at radius 1 is 1.03 bits per heavy atom. The monoisotopic (exact) mass is 485 g/mol. The third kappa shape index (κ3) is 5.07. The van der Waals surface area contributed by atoms with Crippen LogP contribution in [0, 0.1) is 5.82 Å². The van der Waals surface area contributed by atoms with Gasteiger partial charge in [0.2, 0.25) is 5.91 Å². The summed E-state index contributed by atoms with van der Waals surface area (Å²) in [5.41, 5.74) is 3.56. The average molecular weight is 486 g/mol. The minimum absolute atomic E-state index is 0.138. The highest BCUT2D eigenvalue weighted by molar-refractivity contribution is 7.80. The molecule has 1 saturated heterocycles. The van der Waals surface area contributed by atoms with E-state index in [2.05, 4.69) is 44.6 Å². The lowest BCUT2D eigenvalue weighted by atomic mass is 9.99. The maximum Gasteiger partial charge on any atom is 0.226 e. The first-order chi connectivity index (χ1) is 17.1. The van der Waals surface area contributed by atoms with Crippen LogP contribution in [0.1, 0.15) is 29.8 Å². The Labute approximate surface area is 208 Å². The van der Waals surface area contributed by atoms with Crippen LogP contribution in [0.2, 0.25) is 0 Å². The first-order valence-corrected chi connectivity index (χ1v) is 11.8. The standard InChI is InChI=1S/C27H24FN5OS/c28-20-9-11-21(12-10-20)30-24(34)14-17-33-26(25(31-27(33)35)23-8-4-5-15-29-23)19-13-16-32(18-19)22-6-2-1-3-7-22/h1-13,15-16,18,25-26H,14,17H2,(H,30,34)(H,31,35).